The quantitative estimate of drug-likeness (QED) is 0.806. The zero-order valence-electron chi connectivity index (χ0n) is 10.4. The SMILES string of the molecule is NCCSCc1ccc(CN2CCCCC2)s1. The maximum Gasteiger partial charge on any atom is 0.0328 e. The van der Waals surface area contributed by atoms with Crippen LogP contribution in [-0.4, -0.2) is 30.3 Å². The molecule has 0 radical (unpaired) electrons. The molecule has 0 atom stereocenters. The molecule has 0 spiro atoms. The van der Waals surface area contributed by atoms with Crippen molar-refractivity contribution in [2.45, 2.75) is 31.6 Å². The minimum absolute atomic E-state index is 0.788. The lowest BCUT2D eigenvalue weighted by Gasteiger charge is -2.25. The summed E-state index contributed by atoms with van der Waals surface area (Å²) in [6.07, 6.45) is 4.18. The molecule has 0 amide bonds. The van der Waals surface area contributed by atoms with Gasteiger partial charge in [0.25, 0.3) is 0 Å². The molecule has 2 heterocycles. The molecule has 2 nitrogen and oxygen atoms in total. The van der Waals surface area contributed by atoms with Crippen LogP contribution in [-0.2, 0) is 12.3 Å². The minimum Gasteiger partial charge on any atom is -0.330 e. The molecule has 0 aliphatic carbocycles. The van der Waals surface area contributed by atoms with Crippen molar-refractivity contribution in [3.8, 4) is 0 Å². The predicted octanol–water partition coefficient (Wildman–Crippen LogP) is 2.93. The highest BCUT2D eigenvalue weighted by molar-refractivity contribution is 7.98. The van der Waals surface area contributed by atoms with Gasteiger partial charge in [-0.3, -0.25) is 4.90 Å². The number of nitrogens with two attached hydrogens (primary N) is 1. The van der Waals surface area contributed by atoms with Gasteiger partial charge in [0.05, 0.1) is 0 Å². The van der Waals surface area contributed by atoms with Gasteiger partial charge in [0, 0.05) is 34.3 Å². The zero-order valence-corrected chi connectivity index (χ0v) is 12.0. The van der Waals surface area contributed by atoms with E-state index in [1.54, 1.807) is 0 Å². The molecule has 1 aromatic heterocycles. The number of piperidine rings is 1. The molecule has 1 saturated heterocycles. The molecule has 96 valence electrons. The van der Waals surface area contributed by atoms with E-state index in [1.807, 2.05) is 23.1 Å². The first-order valence-corrected chi connectivity index (χ1v) is 8.43. The van der Waals surface area contributed by atoms with E-state index in [1.165, 1.54) is 42.1 Å². The fourth-order valence-electron chi connectivity index (χ4n) is 2.18. The van der Waals surface area contributed by atoms with E-state index in [0.717, 1.165) is 24.6 Å². The van der Waals surface area contributed by atoms with Crippen LogP contribution >= 0.6 is 23.1 Å². The summed E-state index contributed by atoms with van der Waals surface area (Å²) < 4.78 is 0. The molecule has 1 aliphatic heterocycles. The van der Waals surface area contributed by atoms with Crippen molar-refractivity contribution < 1.29 is 0 Å². The van der Waals surface area contributed by atoms with Crippen molar-refractivity contribution in [1.29, 1.82) is 0 Å². The Hall–Kier alpha value is -0.0300. The highest BCUT2D eigenvalue weighted by Crippen LogP contribution is 2.23. The smallest absolute Gasteiger partial charge is 0.0328 e. The largest absolute Gasteiger partial charge is 0.330 e. The van der Waals surface area contributed by atoms with Gasteiger partial charge in [-0.2, -0.15) is 11.8 Å². The second-order valence-corrected chi connectivity index (χ2v) is 6.90. The molecular formula is C13H22N2S2. The Balaban J connectivity index is 1.76. The molecule has 1 aliphatic rings. The second kappa shape index (κ2) is 7.41. The van der Waals surface area contributed by atoms with Crippen LogP contribution in [0.5, 0.6) is 0 Å². The van der Waals surface area contributed by atoms with E-state index < -0.39 is 0 Å². The number of hydrogen-bond donors (Lipinski definition) is 1. The topological polar surface area (TPSA) is 29.3 Å². The molecule has 17 heavy (non-hydrogen) atoms. The van der Waals surface area contributed by atoms with Crippen molar-refractivity contribution in [3.05, 3.63) is 21.9 Å². The standard InChI is InChI=1S/C13H22N2S2/c14-6-9-16-11-13-5-4-12(17-13)10-15-7-2-1-3-8-15/h4-5H,1-3,6-11,14H2. The number of nitrogens with zero attached hydrogens (tertiary/aromatic N) is 1. The van der Waals surface area contributed by atoms with Crippen molar-refractivity contribution in [3.63, 3.8) is 0 Å². The summed E-state index contributed by atoms with van der Waals surface area (Å²) in [5, 5.41) is 0. The number of likely N-dealkylation sites (tertiary alicyclic amines) is 1. The summed E-state index contributed by atoms with van der Waals surface area (Å²) in [4.78, 5) is 5.61. The summed E-state index contributed by atoms with van der Waals surface area (Å²) in [5.74, 6) is 2.20. The van der Waals surface area contributed by atoms with Gasteiger partial charge in [-0.05, 0) is 38.1 Å². The Labute approximate surface area is 113 Å². The van der Waals surface area contributed by atoms with Gasteiger partial charge in [0.2, 0.25) is 0 Å². The van der Waals surface area contributed by atoms with Crippen molar-refractivity contribution in [2.24, 2.45) is 5.73 Å². The Bertz CT molecular complexity index is 319. The van der Waals surface area contributed by atoms with Crippen LogP contribution in [0.15, 0.2) is 12.1 Å². The fourth-order valence-corrected chi connectivity index (χ4v) is 4.13. The summed E-state index contributed by atoms with van der Waals surface area (Å²) in [5.41, 5.74) is 5.50. The highest BCUT2D eigenvalue weighted by Gasteiger charge is 2.11. The molecule has 4 heteroatoms. The molecule has 1 aromatic rings. The average molecular weight is 270 g/mol. The van der Waals surface area contributed by atoms with E-state index >= 15 is 0 Å². The lowest BCUT2D eigenvalue weighted by atomic mass is 10.1. The third-order valence-corrected chi connectivity index (χ3v) is 5.34. The van der Waals surface area contributed by atoms with Gasteiger partial charge >= 0.3 is 0 Å². The number of rotatable bonds is 6. The first-order chi connectivity index (χ1) is 8.38. The Morgan fingerprint density at radius 1 is 1.18 bits per heavy atom. The predicted molar refractivity (Wildman–Crippen MR) is 78.7 cm³/mol. The zero-order chi connectivity index (χ0) is 11.9. The van der Waals surface area contributed by atoms with Crippen LogP contribution in [0.4, 0.5) is 0 Å². The summed E-state index contributed by atoms with van der Waals surface area (Å²) in [6.45, 7) is 4.52. The van der Waals surface area contributed by atoms with Crippen LogP contribution in [0, 0.1) is 0 Å². The average Bonchev–Trinajstić information content (AvgIpc) is 2.79. The number of thioether (sulfide) groups is 1. The molecule has 0 saturated carbocycles. The van der Waals surface area contributed by atoms with Gasteiger partial charge in [-0.15, -0.1) is 11.3 Å². The first kappa shape index (κ1) is 13.4. The Kier molecular flexibility index (Phi) is 5.85. The third-order valence-electron chi connectivity index (χ3n) is 3.05. The molecule has 0 aromatic carbocycles. The van der Waals surface area contributed by atoms with Gasteiger partial charge in [0.15, 0.2) is 0 Å². The fraction of sp³-hybridized carbons (Fsp3) is 0.692. The highest BCUT2D eigenvalue weighted by atomic mass is 32.2. The van der Waals surface area contributed by atoms with Gasteiger partial charge in [0.1, 0.15) is 0 Å². The molecule has 0 unspecified atom stereocenters. The van der Waals surface area contributed by atoms with E-state index in [-0.39, 0.29) is 0 Å². The normalized spacial score (nSPS) is 17.5. The van der Waals surface area contributed by atoms with Crippen LogP contribution in [0.3, 0.4) is 0 Å². The van der Waals surface area contributed by atoms with Gasteiger partial charge in [-0.1, -0.05) is 6.42 Å². The van der Waals surface area contributed by atoms with Gasteiger partial charge in [-0.25, -0.2) is 0 Å². The number of hydrogen-bond acceptors (Lipinski definition) is 4. The van der Waals surface area contributed by atoms with Crippen LogP contribution in [0.1, 0.15) is 29.0 Å². The maximum absolute atomic E-state index is 5.50. The number of thiophene rings is 1. The van der Waals surface area contributed by atoms with E-state index in [0.29, 0.717) is 0 Å². The van der Waals surface area contributed by atoms with E-state index in [2.05, 4.69) is 17.0 Å². The minimum atomic E-state index is 0.788. The first-order valence-electron chi connectivity index (χ1n) is 6.46. The third kappa shape index (κ3) is 4.62. The lowest BCUT2D eigenvalue weighted by molar-refractivity contribution is 0.222. The Morgan fingerprint density at radius 3 is 2.71 bits per heavy atom. The van der Waals surface area contributed by atoms with E-state index in [9.17, 15) is 0 Å². The molecular weight excluding hydrogens is 248 g/mol. The van der Waals surface area contributed by atoms with Crippen molar-refractivity contribution in [1.82, 2.24) is 4.90 Å². The lowest BCUT2D eigenvalue weighted by Crippen LogP contribution is -2.28. The van der Waals surface area contributed by atoms with Crippen molar-refractivity contribution in [2.75, 3.05) is 25.4 Å². The maximum atomic E-state index is 5.50. The Morgan fingerprint density at radius 2 is 1.94 bits per heavy atom. The van der Waals surface area contributed by atoms with Gasteiger partial charge < -0.3 is 5.73 Å². The summed E-state index contributed by atoms with van der Waals surface area (Å²) in [7, 11) is 0. The molecule has 2 N–H and O–H groups in total. The van der Waals surface area contributed by atoms with Crippen LogP contribution in [0.25, 0.3) is 0 Å². The molecule has 2 rings (SSSR count). The monoisotopic (exact) mass is 270 g/mol. The molecule has 0 bridgehead atoms. The summed E-state index contributed by atoms with van der Waals surface area (Å²) >= 11 is 3.91. The van der Waals surface area contributed by atoms with Crippen LogP contribution in [0.2, 0.25) is 0 Å². The van der Waals surface area contributed by atoms with Crippen molar-refractivity contribution >= 4 is 23.1 Å². The molecule has 1 fully saturated rings. The second-order valence-electron chi connectivity index (χ2n) is 4.55. The summed E-state index contributed by atoms with van der Waals surface area (Å²) in [6, 6.07) is 4.59. The van der Waals surface area contributed by atoms with Crippen LogP contribution < -0.4 is 5.73 Å². The van der Waals surface area contributed by atoms with E-state index in [4.69, 9.17) is 5.73 Å².